The van der Waals surface area contributed by atoms with Gasteiger partial charge in [-0.25, -0.2) is 4.79 Å². The van der Waals surface area contributed by atoms with Gasteiger partial charge in [-0.3, -0.25) is 4.79 Å². The highest BCUT2D eigenvalue weighted by molar-refractivity contribution is 5.89. The number of carbonyl (C=O) groups excluding carboxylic acids is 1. The first kappa shape index (κ1) is 15.4. The smallest absolute Gasteiger partial charge is 0.321 e. The Hall–Kier alpha value is -2.04. The molecule has 0 aromatic heterocycles. The summed E-state index contributed by atoms with van der Waals surface area (Å²) in [5.41, 5.74) is 1.69. The van der Waals surface area contributed by atoms with Crippen LogP contribution >= 0.6 is 0 Å². The normalized spacial score (nSPS) is 15.9. The molecule has 1 fully saturated rings. The summed E-state index contributed by atoms with van der Waals surface area (Å²) >= 11 is 0. The molecule has 21 heavy (non-hydrogen) atoms. The molecular formula is C16H22N2O3. The Bertz CT molecular complexity index is 509. The monoisotopic (exact) mass is 290 g/mol. The lowest BCUT2D eigenvalue weighted by Crippen LogP contribution is -2.43. The van der Waals surface area contributed by atoms with Crippen LogP contribution < -0.4 is 5.32 Å². The standard InChI is InChI=1S/C16H22N2O3/c1-11(10-15(19)20)12-6-8-13(9-7-12)17-16(21)18(2)14-4-3-5-14/h6-9,11,14H,3-5,10H2,1-2H3,(H,17,21)(H,19,20). The van der Waals surface area contributed by atoms with Crippen LogP contribution in [0.15, 0.2) is 24.3 Å². The number of carboxylic acid groups (broad SMARTS) is 1. The fourth-order valence-electron chi connectivity index (χ4n) is 2.43. The lowest BCUT2D eigenvalue weighted by Gasteiger charge is -2.34. The largest absolute Gasteiger partial charge is 0.481 e. The zero-order valence-electron chi connectivity index (χ0n) is 12.5. The molecule has 0 spiro atoms. The van der Waals surface area contributed by atoms with Gasteiger partial charge < -0.3 is 15.3 Å². The van der Waals surface area contributed by atoms with Gasteiger partial charge in [-0.1, -0.05) is 19.1 Å². The van der Waals surface area contributed by atoms with E-state index in [9.17, 15) is 9.59 Å². The highest BCUT2D eigenvalue weighted by atomic mass is 16.4. The minimum atomic E-state index is -0.804. The number of urea groups is 1. The number of aliphatic carboxylic acids is 1. The molecule has 1 unspecified atom stereocenters. The maximum Gasteiger partial charge on any atom is 0.321 e. The predicted octanol–water partition coefficient (Wildman–Crippen LogP) is 3.28. The minimum Gasteiger partial charge on any atom is -0.481 e. The van der Waals surface area contributed by atoms with Crippen molar-refractivity contribution >= 4 is 17.7 Å². The number of benzene rings is 1. The Kier molecular flexibility index (Phi) is 4.83. The first-order chi connectivity index (χ1) is 9.97. The lowest BCUT2D eigenvalue weighted by molar-refractivity contribution is -0.137. The van der Waals surface area contributed by atoms with Crippen LogP contribution in [-0.4, -0.2) is 35.1 Å². The summed E-state index contributed by atoms with van der Waals surface area (Å²) in [4.78, 5) is 24.5. The second-order valence-electron chi connectivity index (χ2n) is 5.75. The van der Waals surface area contributed by atoms with Crippen molar-refractivity contribution in [2.45, 2.75) is 44.6 Å². The molecule has 114 valence electrons. The zero-order chi connectivity index (χ0) is 15.4. The van der Waals surface area contributed by atoms with E-state index in [0.29, 0.717) is 6.04 Å². The van der Waals surface area contributed by atoms with Crippen LogP contribution in [0.25, 0.3) is 0 Å². The summed E-state index contributed by atoms with van der Waals surface area (Å²) < 4.78 is 0. The predicted molar refractivity (Wildman–Crippen MR) is 81.5 cm³/mol. The first-order valence-corrected chi connectivity index (χ1v) is 7.33. The van der Waals surface area contributed by atoms with Gasteiger partial charge in [-0.05, 0) is 42.9 Å². The number of nitrogens with one attached hydrogen (secondary N) is 1. The van der Waals surface area contributed by atoms with E-state index in [4.69, 9.17) is 5.11 Å². The van der Waals surface area contributed by atoms with Gasteiger partial charge in [0.2, 0.25) is 0 Å². The van der Waals surface area contributed by atoms with Crippen molar-refractivity contribution in [3.8, 4) is 0 Å². The molecule has 2 rings (SSSR count). The quantitative estimate of drug-likeness (QED) is 0.874. The first-order valence-electron chi connectivity index (χ1n) is 7.33. The molecule has 0 saturated heterocycles. The van der Waals surface area contributed by atoms with Crippen LogP contribution in [0.2, 0.25) is 0 Å². The summed E-state index contributed by atoms with van der Waals surface area (Å²) in [6.07, 6.45) is 3.46. The summed E-state index contributed by atoms with van der Waals surface area (Å²) in [6.45, 7) is 1.88. The molecular weight excluding hydrogens is 268 g/mol. The molecule has 2 amide bonds. The van der Waals surface area contributed by atoms with Gasteiger partial charge in [0.15, 0.2) is 0 Å². The average molecular weight is 290 g/mol. The highest BCUT2D eigenvalue weighted by Crippen LogP contribution is 2.25. The molecule has 1 atom stereocenters. The van der Waals surface area contributed by atoms with Crippen molar-refractivity contribution < 1.29 is 14.7 Å². The van der Waals surface area contributed by atoms with Gasteiger partial charge in [0.05, 0.1) is 6.42 Å². The molecule has 1 aliphatic carbocycles. The van der Waals surface area contributed by atoms with Gasteiger partial charge in [0.1, 0.15) is 0 Å². The molecule has 5 nitrogen and oxygen atoms in total. The minimum absolute atomic E-state index is 0.0371. The molecule has 1 saturated carbocycles. The van der Waals surface area contributed by atoms with Gasteiger partial charge >= 0.3 is 12.0 Å². The van der Waals surface area contributed by atoms with Crippen LogP contribution in [0.4, 0.5) is 10.5 Å². The van der Waals surface area contributed by atoms with Gasteiger partial charge in [0, 0.05) is 18.8 Å². The van der Waals surface area contributed by atoms with E-state index in [2.05, 4.69) is 5.32 Å². The maximum atomic E-state index is 12.0. The molecule has 0 heterocycles. The average Bonchev–Trinajstić information content (AvgIpc) is 2.36. The van der Waals surface area contributed by atoms with Crippen LogP contribution in [-0.2, 0) is 4.79 Å². The molecule has 0 aliphatic heterocycles. The van der Waals surface area contributed by atoms with Crippen molar-refractivity contribution in [2.24, 2.45) is 0 Å². The number of anilines is 1. The maximum absolute atomic E-state index is 12.0. The van der Waals surface area contributed by atoms with Crippen molar-refractivity contribution in [3.05, 3.63) is 29.8 Å². The number of nitrogens with zero attached hydrogens (tertiary/aromatic N) is 1. The van der Waals surface area contributed by atoms with Gasteiger partial charge in [-0.2, -0.15) is 0 Å². The summed E-state index contributed by atoms with van der Waals surface area (Å²) in [7, 11) is 1.82. The van der Waals surface area contributed by atoms with Crippen molar-refractivity contribution in [3.63, 3.8) is 0 Å². The summed E-state index contributed by atoms with van der Waals surface area (Å²) in [5, 5.41) is 11.7. The number of amides is 2. The molecule has 0 bridgehead atoms. The van der Waals surface area contributed by atoms with Crippen LogP contribution in [0, 0.1) is 0 Å². The van der Waals surface area contributed by atoms with E-state index >= 15 is 0 Å². The summed E-state index contributed by atoms with van der Waals surface area (Å²) in [5.74, 6) is -0.841. The Morgan fingerprint density at radius 2 is 1.95 bits per heavy atom. The fourth-order valence-corrected chi connectivity index (χ4v) is 2.43. The number of hydrogen-bond acceptors (Lipinski definition) is 2. The molecule has 1 aromatic rings. The number of carboxylic acids is 1. The van der Waals surface area contributed by atoms with Crippen molar-refractivity contribution in [1.29, 1.82) is 0 Å². The molecule has 0 radical (unpaired) electrons. The van der Waals surface area contributed by atoms with Crippen molar-refractivity contribution in [2.75, 3.05) is 12.4 Å². The van der Waals surface area contributed by atoms with E-state index in [1.807, 2.05) is 38.2 Å². The number of rotatable bonds is 5. The number of carbonyl (C=O) groups is 2. The van der Waals surface area contributed by atoms with Crippen LogP contribution in [0.1, 0.15) is 44.1 Å². The lowest BCUT2D eigenvalue weighted by atomic mass is 9.92. The Morgan fingerprint density at radius 1 is 1.33 bits per heavy atom. The number of hydrogen-bond donors (Lipinski definition) is 2. The van der Waals surface area contributed by atoms with Crippen molar-refractivity contribution in [1.82, 2.24) is 4.90 Å². The Balaban J connectivity index is 1.92. The zero-order valence-corrected chi connectivity index (χ0v) is 12.5. The van der Waals surface area contributed by atoms with Crippen LogP contribution in [0.5, 0.6) is 0 Å². The highest BCUT2D eigenvalue weighted by Gasteiger charge is 2.25. The Morgan fingerprint density at radius 3 is 2.43 bits per heavy atom. The second kappa shape index (κ2) is 6.61. The fraction of sp³-hybridized carbons (Fsp3) is 0.500. The SMILES string of the molecule is CC(CC(=O)O)c1ccc(NC(=O)N(C)C2CCC2)cc1. The Labute approximate surface area is 125 Å². The van der Waals surface area contributed by atoms with E-state index in [-0.39, 0.29) is 18.4 Å². The van der Waals surface area contributed by atoms with E-state index in [1.165, 1.54) is 6.42 Å². The van der Waals surface area contributed by atoms with E-state index < -0.39 is 5.97 Å². The van der Waals surface area contributed by atoms with Gasteiger partial charge in [0.25, 0.3) is 0 Å². The summed E-state index contributed by atoms with van der Waals surface area (Å²) in [6, 6.07) is 7.64. The van der Waals surface area contributed by atoms with E-state index in [0.717, 1.165) is 24.1 Å². The third-order valence-corrected chi connectivity index (χ3v) is 4.15. The van der Waals surface area contributed by atoms with Gasteiger partial charge in [-0.15, -0.1) is 0 Å². The third-order valence-electron chi connectivity index (χ3n) is 4.15. The third kappa shape index (κ3) is 3.97. The second-order valence-corrected chi connectivity index (χ2v) is 5.75. The molecule has 1 aromatic carbocycles. The topological polar surface area (TPSA) is 69.6 Å². The molecule has 2 N–H and O–H groups in total. The van der Waals surface area contributed by atoms with E-state index in [1.54, 1.807) is 4.90 Å². The molecule has 5 heteroatoms. The van der Waals surface area contributed by atoms with Crippen LogP contribution in [0.3, 0.4) is 0 Å². The molecule has 1 aliphatic rings.